The summed E-state index contributed by atoms with van der Waals surface area (Å²) in [6.07, 6.45) is 3.58. The number of fused-ring (bicyclic) bond motifs is 2. The zero-order chi connectivity index (χ0) is 8.28. The summed E-state index contributed by atoms with van der Waals surface area (Å²) >= 11 is 0. The van der Waals surface area contributed by atoms with Crippen LogP contribution in [-0.2, 0) is 0 Å². The molecule has 2 saturated carbocycles. The monoisotopic (exact) mass is 174 g/mol. The molecule has 2 bridgehead atoms. The molecule has 0 radical (unpaired) electrons. The van der Waals surface area contributed by atoms with E-state index in [-0.39, 0.29) is 16.2 Å². The van der Waals surface area contributed by atoms with Crippen LogP contribution < -0.4 is 0 Å². The van der Waals surface area contributed by atoms with Crippen molar-refractivity contribution in [3.8, 4) is 0 Å². The summed E-state index contributed by atoms with van der Waals surface area (Å²) in [6, 6.07) is 0. The molecule has 0 aliphatic heterocycles. The van der Waals surface area contributed by atoms with E-state index in [1.165, 1.54) is 12.8 Å². The van der Waals surface area contributed by atoms with Crippen LogP contribution in [0, 0.1) is 16.7 Å². The Labute approximate surface area is 73.5 Å². The van der Waals surface area contributed by atoms with Crippen LogP contribution in [-0.4, -0.2) is 11.2 Å². The average Bonchev–Trinajstić information content (AvgIpc) is 2.20. The van der Waals surface area contributed by atoms with Crippen molar-refractivity contribution in [3.63, 3.8) is 0 Å². The van der Waals surface area contributed by atoms with Gasteiger partial charge in [0.2, 0.25) is 0 Å². The predicted octanol–water partition coefficient (Wildman–Crippen LogP) is 2.35. The van der Waals surface area contributed by atoms with Gasteiger partial charge in [0.1, 0.15) is 0 Å². The van der Waals surface area contributed by atoms with Gasteiger partial charge in [0.05, 0.1) is 6.10 Å². The van der Waals surface area contributed by atoms with Gasteiger partial charge < -0.3 is 5.11 Å². The molecule has 2 rings (SSSR count). The maximum absolute atomic E-state index is 9.81. The van der Waals surface area contributed by atoms with Gasteiger partial charge >= 0.3 is 0 Å². The van der Waals surface area contributed by atoms with E-state index < -0.39 is 0 Å². The molecule has 2 aliphatic carbocycles. The molecular formula is C10H19FO. The fraction of sp³-hybridized carbons (Fsp3) is 1.00. The Hall–Kier alpha value is -0.110. The second-order valence-electron chi connectivity index (χ2n) is 5.13. The van der Waals surface area contributed by atoms with Gasteiger partial charge in [-0.3, -0.25) is 4.70 Å². The molecule has 2 aliphatic rings. The molecule has 2 heteroatoms. The Bertz CT molecular complexity index is 190. The van der Waals surface area contributed by atoms with E-state index in [0.29, 0.717) is 5.41 Å². The van der Waals surface area contributed by atoms with Crippen molar-refractivity contribution in [2.45, 2.75) is 46.1 Å². The van der Waals surface area contributed by atoms with Crippen LogP contribution in [0.3, 0.4) is 0 Å². The lowest BCUT2D eigenvalue weighted by molar-refractivity contribution is 0.0126. The first-order valence-corrected chi connectivity index (χ1v) is 4.66. The number of halogens is 1. The van der Waals surface area contributed by atoms with E-state index in [1.807, 2.05) is 0 Å². The number of aliphatic hydroxyl groups excluding tert-OH is 1. The van der Waals surface area contributed by atoms with E-state index in [1.54, 1.807) is 0 Å². The van der Waals surface area contributed by atoms with Crippen molar-refractivity contribution in [1.29, 1.82) is 0 Å². The smallest absolute Gasteiger partial charge is 0.0601 e. The summed E-state index contributed by atoms with van der Waals surface area (Å²) in [7, 11) is 0. The molecule has 1 N–H and O–H groups in total. The molecule has 0 saturated heterocycles. The standard InChI is InChI=1S/C10H18O.FH/c1-9(2)7-4-5-10(9,3)8(11)6-7;/h7-8,11H,4-6H2,1-3H3;1H. The van der Waals surface area contributed by atoms with E-state index >= 15 is 0 Å². The van der Waals surface area contributed by atoms with Crippen molar-refractivity contribution < 1.29 is 9.81 Å². The zero-order valence-electron chi connectivity index (χ0n) is 8.13. The molecule has 1 nitrogen and oxygen atoms in total. The Morgan fingerprint density at radius 3 is 2.00 bits per heavy atom. The minimum Gasteiger partial charge on any atom is -0.393 e. The van der Waals surface area contributed by atoms with Crippen LogP contribution in [0.25, 0.3) is 0 Å². The van der Waals surface area contributed by atoms with E-state index in [0.717, 1.165) is 12.3 Å². The van der Waals surface area contributed by atoms with E-state index in [4.69, 9.17) is 0 Å². The fourth-order valence-corrected chi connectivity index (χ4v) is 3.16. The molecule has 3 unspecified atom stereocenters. The summed E-state index contributed by atoms with van der Waals surface area (Å²) in [6.45, 7) is 6.90. The Kier molecular flexibility index (Phi) is 2.03. The first-order chi connectivity index (χ1) is 4.98. The summed E-state index contributed by atoms with van der Waals surface area (Å²) in [5.74, 6) is 0.780. The van der Waals surface area contributed by atoms with Crippen molar-refractivity contribution in [2.24, 2.45) is 16.7 Å². The van der Waals surface area contributed by atoms with Crippen molar-refractivity contribution >= 4 is 0 Å². The van der Waals surface area contributed by atoms with Gasteiger partial charge in [-0.05, 0) is 36.0 Å². The highest BCUT2D eigenvalue weighted by Crippen LogP contribution is 2.65. The van der Waals surface area contributed by atoms with Crippen LogP contribution in [0.5, 0.6) is 0 Å². The fourth-order valence-electron chi connectivity index (χ4n) is 3.16. The number of aliphatic hydroxyl groups is 1. The topological polar surface area (TPSA) is 20.2 Å². The normalized spacial score (nSPS) is 49.0. The summed E-state index contributed by atoms with van der Waals surface area (Å²) in [5.41, 5.74) is 0.601. The highest BCUT2D eigenvalue weighted by atomic mass is 19.0. The molecule has 0 amide bonds. The molecule has 0 aromatic heterocycles. The first kappa shape index (κ1) is 9.97. The molecule has 0 spiro atoms. The maximum Gasteiger partial charge on any atom is 0.0601 e. The number of hydrogen-bond donors (Lipinski definition) is 1. The first-order valence-electron chi connectivity index (χ1n) is 4.66. The summed E-state index contributed by atoms with van der Waals surface area (Å²) in [5, 5.41) is 9.81. The van der Waals surface area contributed by atoms with Crippen LogP contribution in [0.1, 0.15) is 40.0 Å². The molecule has 2 fully saturated rings. The third-order valence-electron chi connectivity index (χ3n) is 4.75. The molecule has 0 aromatic carbocycles. The van der Waals surface area contributed by atoms with Gasteiger partial charge in [0.15, 0.2) is 0 Å². The molecular weight excluding hydrogens is 155 g/mol. The van der Waals surface area contributed by atoms with E-state index in [2.05, 4.69) is 20.8 Å². The van der Waals surface area contributed by atoms with Gasteiger partial charge in [-0.25, -0.2) is 0 Å². The molecule has 0 heterocycles. The Morgan fingerprint density at radius 1 is 1.25 bits per heavy atom. The lowest BCUT2D eigenvalue weighted by Crippen LogP contribution is -2.35. The maximum atomic E-state index is 9.81. The average molecular weight is 174 g/mol. The predicted molar refractivity (Wildman–Crippen MR) is 47.7 cm³/mol. The molecule has 72 valence electrons. The van der Waals surface area contributed by atoms with Crippen molar-refractivity contribution in [1.82, 2.24) is 0 Å². The molecule has 3 atom stereocenters. The quantitative estimate of drug-likeness (QED) is 0.597. The van der Waals surface area contributed by atoms with Gasteiger partial charge in [0.25, 0.3) is 0 Å². The highest BCUT2D eigenvalue weighted by Gasteiger charge is 2.60. The van der Waals surface area contributed by atoms with Crippen LogP contribution in [0.2, 0.25) is 0 Å². The zero-order valence-corrected chi connectivity index (χ0v) is 8.13. The highest BCUT2D eigenvalue weighted by molar-refractivity contribution is 5.10. The van der Waals surface area contributed by atoms with Gasteiger partial charge in [0, 0.05) is 0 Å². The van der Waals surface area contributed by atoms with Crippen molar-refractivity contribution in [2.75, 3.05) is 0 Å². The van der Waals surface area contributed by atoms with Crippen molar-refractivity contribution in [3.05, 3.63) is 0 Å². The largest absolute Gasteiger partial charge is 0.393 e. The minimum absolute atomic E-state index is 0. The second kappa shape index (κ2) is 2.44. The minimum atomic E-state index is -0.0313. The SMILES string of the molecule is CC1(C)C2CCC1(C)C(O)C2.F. The van der Waals surface area contributed by atoms with Gasteiger partial charge in [-0.2, -0.15) is 0 Å². The molecule has 12 heavy (non-hydrogen) atoms. The summed E-state index contributed by atoms with van der Waals surface area (Å²) < 4.78 is 0. The Balaban J connectivity index is 0.000000720. The Morgan fingerprint density at radius 2 is 1.83 bits per heavy atom. The summed E-state index contributed by atoms with van der Waals surface area (Å²) in [4.78, 5) is 0. The third kappa shape index (κ3) is 0.819. The van der Waals surface area contributed by atoms with Crippen LogP contribution in [0.15, 0.2) is 0 Å². The molecule has 0 aromatic rings. The lowest BCUT2D eigenvalue weighted by atomic mass is 9.70. The number of rotatable bonds is 0. The number of hydrogen-bond acceptors (Lipinski definition) is 1. The van der Waals surface area contributed by atoms with Crippen LogP contribution >= 0.6 is 0 Å². The second-order valence-corrected chi connectivity index (χ2v) is 5.13. The van der Waals surface area contributed by atoms with Crippen LogP contribution in [0.4, 0.5) is 4.70 Å². The van der Waals surface area contributed by atoms with Gasteiger partial charge in [-0.15, -0.1) is 0 Å². The lowest BCUT2D eigenvalue weighted by Gasteiger charge is -2.36. The van der Waals surface area contributed by atoms with Gasteiger partial charge in [-0.1, -0.05) is 20.8 Å². The third-order valence-corrected chi connectivity index (χ3v) is 4.75. The van der Waals surface area contributed by atoms with E-state index in [9.17, 15) is 5.11 Å².